The Morgan fingerprint density at radius 1 is 1.57 bits per heavy atom. The van der Waals surface area contributed by atoms with Gasteiger partial charge in [0.15, 0.2) is 11.9 Å². The quantitative estimate of drug-likeness (QED) is 0.331. The molecular weight excluding hydrogens is 119 g/mol. The molecule has 0 atom stereocenters. The highest BCUT2D eigenvalue weighted by atomic mass is 35.5. The van der Waals surface area contributed by atoms with Gasteiger partial charge in [0.25, 0.3) is 0 Å². The third-order valence-electron chi connectivity index (χ3n) is 0.234. The zero-order valence-corrected chi connectivity index (χ0v) is 4.04. The number of hydrogen-bond acceptors (Lipinski definition) is 4. The van der Waals surface area contributed by atoms with E-state index in [9.17, 15) is 0 Å². The Morgan fingerprint density at radius 2 is 2.29 bits per heavy atom. The van der Waals surface area contributed by atoms with Crippen LogP contribution >= 0.6 is 11.9 Å². The maximum absolute atomic E-state index is 7.67. The average molecular weight is 123 g/mol. The van der Waals surface area contributed by atoms with Crippen LogP contribution in [0.4, 0.5) is 0 Å². The Morgan fingerprint density at radius 3 is 2.71 bits per heavy atom. The largest absolute Gasteiger partial charge is 0.411 e. The second kappa shape index (κ2) is 5.23. The highest BCUT2D eigenvalue weighted by molar-refractivity contribution is 6.16. The van der Waals surface area contributed by atoms with E-state index in [1.165, 1.54) is 0 Å². The summed E-state index contributed by atoms with van der Waals surface area (Å²) in [6.45, 7) is 0. The van der Waals surface area contributed by atoms with Crippen molar-refractivity contribution in [2.45, 2.75) is 0 Å². The van der Waals surface area contributed by atoms with Gasteiger partial charge in [0, 0.05) is 0 Å². The second-order valence-corrected chi connectivity index (χ2v) is 0.726. The van der Waals surface area contributed by atoms with Crippen molar-refractivity contribution in [1.82, 2.24) is 0 Å². The van der Waals surface area contributed by atoms with E-state index in [0.29, 0.717) is 0 Å². The molecule has 4 nitrogen and oxygen atoms in total. The standard InChI is InChI=1S/C2H3ClN2O2/c3-7-5-2-1-4-6/h1-2,6H. The fourth-order valence-electron chi connectivity index (χ4n) is 0.0800. The summed E-state index contributed by atoms with van der Waals surface area (Å²) in [5.74, 6) is 0. The molecule has 7 heavy (non-hydrogen) atoms. The molecule has 0 aromatic carbocycles. The monoisotopic (exact) mass is 122 g/mol. The average Bonchev–Trinajstić information content (AvgIpc) is 1.69. The third kappa shape index (κ3) is 5.23. The summed E-state index contributed by atoms with van der Waals surface area (Å²) in [6, 6.07) is 0. The molecule has 0 heterocycles. The van der Waals surface area contributed by atoms with Crippen molar-refractivity contribution < 1.29 is 9.60 Å². The lowest BCUT2D eigenvalue weighted by Gasteiger charge is -1.71. The Hall–Kier alpha value is -0.770. The Labute approximate surface area is 45.2 Å². The zero-order chi connectivity index (χ0) is 5.54. The van der Waals surface area contributed by atoms with Gasteiger partial charge in [-0.3, -0.25) is 4.39 Å². The Kier molecular flexibility index (Phi) is 4.65. The first-order chi connectivity index (χ1) is 3.41. The van der Waals surface area contributed by atoms with Gasteiger partial charge >= 0.3 is 0 Å². The molecule has 0 aliphatic carbocycles. The summed E-state index contributed by atoms with van der Waals surface area (Å²) in [5, 5.41) is 13.2. The maximum atomic E-state index is 7.67. The van der Waals surface area contributed by atoms with Gasteiger partial charge in [-0.15, -0.1) is 0 Å². The van der Waals surface area contributed by atoms with Crippen LogP contribution in [0.25, 0.3) is 0 Å². The van der Waals surface area contributed by atoms with Gasteiger partial charge < -0.3 is 5.21 Å². The van der Waals surface area contributed by atoms with E-state index < -0.39 is 0 Å². The molecule has 0 saturated heterocycles. The van der Waals surface area contributed by atoms with Gasteiger partial charge in [-0.1, -0.05) is 10.3 Å². The van der Waals surface area contributed by atoms with Crippen LogP contribution in [0.15, 0.2) is 10.3 Å². The maximum Gasteiger partial charge on any atom is 0.167 e. The first kappa shape index (κ1) is 6.23. The van der Waals surface area contributed by atoms with Crippen LogP contribution in [0.1, 0.15) is 0 Å². The van der Waals surface area contributed by atoms with Crippen molar-refractivity contribution in [1.29, 1.82) is 0 Å². The lowest BCUT2D eigenvalue weighted by Crippen LogP contribution is -1.72. The molecule has 5 heteroatoms. The lowest BCUT2D eigenvalue weighted by atomic mass is 10.8. The van der Waals surface area contributed by atoms with Crippen molar-refractivity contribution in [3.63, 3.8) is 0 Å². The molecule has 0 fully saturated rings. The molecule has 0 radical (unpaired) electrons. The van der Waals surface area contributed by atoms with Crippen LogP contribution in [0, 0.1) is 0 Å². The SMILES string of the molecule is ON=CC=NOCl. The molecule has 0 bridgehead atoms. The predicted octanol–water partition coefficient (Wildman–Crippen LogP) is 0.603. The first-order valence-electron chi connectivity index (χ1n) is 1.39. The van der Waals surface area contributed by atoms with Gasteiger partial charge in [-0.25, -0.2) is 0 Å². The van der Waals surface area contributed by atoms with Crippen LogP contribution in [0.3, 0.4) is 0 Å². The second-order valence-electron chi connectivity index (χ2n) is 0.588. The number of halogens is 1. The smallest absolute Gasteiger partial charge is 0.167 e. The molecule has 1 N–H and O–H groups in total. The third-order valence-corrected chi connectivity index (χ3v) is 0.314. The minimum Gasteiger partial charge on any atom is -0.411 e. The van der Waals surface area contributed by atoms with Gasteiger partial charge in [0.2, 0.25) is 0 Å². The van der Waals surface area contributed by atoms with E-state index >= 15 is 0 Å². The summed E-state index contributed by atoms with van der Waals surface area (Å²) in [4.78, 5) is 0. The summed E-state index contributed by atoms with van der Waals surface area (Å²) in [6.07, 6.45) is 2.11. The molecule has 40 valence electrons. The fourth-order valence-corrected chi connectivity index (χ4v) is 0.126. The van der Waals surface area contributed by atoms with E-state index in [0.717, 1.165) is 12.4 Å². The van der Waals surface area contributed by atoms with E-state index in [1.807, 2.05) is 0 Å². The Balaban J connectivity index is 3.09. The van der Waals surface area contributed by atoms with Crippen molar-refractivity contribution in [2.75, 3.05) is 0 Å². The predicted molar refractivity (Wildman–Crippen MR) is 25.7 cm³/mol. The summed E-state index contributed by atoms with van der Waals surface area (Å²) in [7, 11) is 0. The van der Waals surface area contributed by atoms with Crippen LogP contribution in [0.5, 0.6) is 0 Å². The molecule has 0 aliphatic rings. The van der Waals surface area contributed by atoms with E-state index in [1.54, 1.807) is 0 Å². The summed E-state index contributed by atoms with van der Waals surface area (Å²) < 4.78 is 3.68. The lowest BCUT2D eigenvalue weighted by molar-refractivity contribution is 0.322. The molecule has 0 aliphatic heterocycles. The molecule has 0 spiro atoms. The Bertz CT molecular complexity index is 81.8. The molecule has 0 aromatic rings. The highest BCUT2D eigenvalue weighted by Gasteiger charge is 1.61. The normalized spacial score (nSPS) is 11.0. The molecule has 0 aromatic heterocycles. The first-order valence-corrected chi connectivity index (χ1v) is 1.70. The number of rotatable bonds is 2. The van der Waals surface area contributed by atoms with Gasteiger partial charge in [0.1, 0.15) is 0 Å². The van der Waals surface area contributed by atoms with Crippen molar-refractivity contribution in [3.05, 3.63) is 0 Å². The molecule has 0 rings (SSSR count). The zero-order valence-electron chi connectivity index (χ0n) is 3.28. The number of oxime groups is 2. The van der Waals surface area contributed by atoms with Crippen LogP contribution in [-0.2, 0) is 4.39 Å². The molecule has 0 unspecified atom stereocenters. The van der Waals surface area contributed by atoms with Crippen LogP contribution in [-0.4, -0.2) is 17.6 Å². The number of hydrogen-bond donors (Lipinski definition) is 1. The van der Waals surface area contributed by atoms with E-state index in [4.69, 9.17) is 5.21 Å². The molecule has 0 saturated carbocycles. The summed E-state index contributed by atoms with van der Waals surface area (Å²) in [5.41, 5.74) is 0. The fraction of sp³-hybridized carbons (Fsp3) is 0. The minimum absolute atomic E-state index is 1.02. The number of nitrogens with zero attached hydrogens (tertiary/aromatic N) is 2. The summed E-state index contributed by atoms with van der Waals surface area (Å²) >= 11 is 4.60. The minimum atomic E-state index is 1.02. The van der Waals surface area contributed by atoms with Gasteiger partial charge in [-0.2, -0.15) is 0 Å². The topological polar surface area (TPSA) is 54.2 Å². The van der Waals surface area contributed by atoms with Crippen molar-refractivity contribution in [3.8, 4) is 0 Å². The van der Waals surface area contributed by atoms with Crippen LogP contribution in [0.2, 0.25) is 0 Å². The molecule has 0 amide bonds. The van der Waals surface area contributed by atoms with Crippen LogP contribution < -0.4 is 0 Å². The van der Waals surface area contributed by atoms with E-state index in [-0.39, 0.29) is 0 Å². The van der Waals surface area contributed by atoms with Gasteiger partial charge in [-0.05, 0) is 0 Å². The van der Waals surface area contributed by atoms with Gasteiger partial charge in [0.05, 0.1) is 12.4 Å². The van der Waals surface area contributed by atoms with Crippen molar-refractivity contribution in [2.24, 2.45) is 10.3 Å². The molecular formula is C2H3ClN2O2. The van der Waals surface area contributed by atoms with Crippen molar-refractivity contribution >= 4 is 24.3 Å². The van der Waals surface area contributed by atoms with E-state index in [2.05, 4.69) is 26.6 Å². The highest BCUT2D eigenvalue weighted by Crippen LogP contribution is 1.74.